The predicted molar refractivity (Wildman–Crippen MR) is 80.1 cm³/mol. The third kappa shape index (κ3) is 2.50. The third-order valence-electron chi connectivity index (χ3n) is 2.58. The van der Waals surface area contributed by atoms with Gasteiger partial charge in [0.25, 0.3) is 0 Å². The standard InChI is InChI=1S/C13H11N3OS2/c1-18-9-4-2-8(3-5-9)17-11-10-6-7-19-12(10)16-13(14)15-11/h2-7H,1H3,(H2,14,15,16). The third-order valence-corrected chi connectivity index (χ3v) is 4.13. The van der Waals surface area contributed by atoms with E-state index < -0.39 is 0 Å². The molecule has 0 fully saturated rings. The number of ether oxygens (including phenoxy) is 1. The first-order chi connectivity index (χ1) is 9.26. The van der Waals surface area contributed by atoms with Crippen molar-refractivity contribution in [1.82, 2.24) is 9.97 Å². The van der Waals surface area contributed by atoms with Crippen molar-refractivity contribution in [2.45, 2.75) is 4.90 Å². The van der Waals surface area contributed by atoms with Crippen LogP contribution in [-0.4, -0.2) is 16.2 Å². The van der Waals surface area contributed by atoms with Crippen LogP contribution in [0.1, 0.15) is 0 Å². The van der Waals surface area contributed by atoms with E-state index in [1.165, 1.54) is 16.2 Å². The predicted octanol–water partition coefficient (Wildman–Crippen LogP) is 3.79. The van der Waals surface area contributed by atoms with Gasteiger partial charge >= 0.3 is 0 Å². The van der Waals surface area contributed by atoms with Gasteiger partial charge in [0.2, 0.25) is 11.8 Å². The Bertz CT molecular complexity index is 709. The van der Waals surface area contributed by atoms with E-state index in [4.69, 9.17) is 10.5 Å². The Morgan fingerprint density at radius 2 is 1.95 bits per heavy atom. The number of nitrogen functional groups attached to an aromatic ring is 1. The number of nitrogens with zero attached hydrogens (tertiary/aromatic N) is 2. The lowest BCUT2D eigenvalue weighted by atomic mass is 10.3. The first-order valence-corrected chi connectivity index (χ1v) is 7.69. The van der Waals surface area contributed by atoms with E-state index in [2.05, 4.69) is 9.97 Å². The number of fused-ring (bicyclic) bond motifs is 1. The molecule has 0 spiro atoms. The molecule has 2 heterocycles. The lowest BCUT2D eigenvalue weighted by molar-refractivity contribution is 0.469. The van der Waals surface area contributed by atoms with Crippen LogP contribution in [0.2, 0.25) is 0 Å². The zero-order chi connectivity index (χ0) is 13.2. The number of rotatable bonds is 3. The topological polar surface area (TPSA) is 61.0 Å². The molecule has 0 saturated heterocycles. The second-order valence-electron chi connectivity index (χ2n) is 3.80. The molecule has 96 valence electrons. The highest BCUT2D eigenvalue weighted by molar-refractivity contribution is 7.98. The molecule has 0 amide bonds. The molecule has 0 aliphatic carbocycles. The molecule has 3 aromatic rings. The van der Waals surface area contributed by atoms with Gasteiger partial charge < -0.3 is 10.5 Å². The highest BCUT2D eigenvalue weighted by Gasteiger charge is 2.09. The molecule has 4 nitrogen and oxygen atoms in total. The highest BCUT2D eigenvalue weighted by Crippen LogP contribution is 2.31. The summed E-state index contributed by atoms with van der Waals surface area (Å²) in [6.07, 6.45) is 2.04. The van der Waals surface area contributed by atoms with Crippen LogP contribution in [0.25, 0.3) is 10.2 Å². The van der Waals surface area contributed by atoms with Gasteiger partial charge in [0.15, 0.2) is 0 Å². The molecule has 0 aliphatic rings. The minimum atomic E-state index is 0.227. The van der Waals surface area contributed by atoms with Gasteiger partial charge in [-0.15, -0.1) is 23.1 Å². The van der Waals surface area contributed by atoms with E-state index in [-0.39, 0.29) is 5.95 Å². The van der Waals surface area contributed by atoms with Crippen molar-refractivity contribution in [3.05, 3.63) is 35.7 Å². The van der Waals surface area contributed by atoms with Crippen LogP contribution < -0.4 is 10.5 Å². The van der Waals surface area contributed by atoms with E-state index in [1.54, 1.807) is 11.8 Å². The molecule has 0 saturated carbocycles. The average molecular weight is 289 g/mol. The lowest BCUT2D eigenvalue weighted by Crippen LogP contribution is -1.97. The Morgan fingerprint density at radius 3 is 2.68 bits per heavy atom. The number of hydrogen-bond donors (Lipinski definition) is 1. The Balaban J connectivity index is 1.97. The van der Waals surface area contributed by atoms with Gasteiger partial charge in [-0.3, -0.25) is 0 Å². The van der Waals surface area contributed by atoms with Crippen molar-refractivity contribution < 1.29 is 4.74 Å². The van der Waals surface area contributed by atoms with Gasteiger partial charge in [0, 0.05) is 4.90 Å². The number of benzene rings is 1. The monoisotopic (exact) mass is 289 g/mol. The van der Waals surface area contributed by atoms with E-state index in [9.17, 15) is 0 Å². The van der Waals surface area contributed by atoms with Crippen molar-refractivity contribution in [2.75, 3.05) is 12.0 Å². The second kappa shape index (κ2) is 5.07. The first-order valence-electron chi connectivity index (χ1n) is 5.59. The van der Waals surface area contributed by atoms with Crippen LogP contribution >= 0.6 is 23.1 Å². The molecule has 2 aromatic heterocycles. The molecule has 19 heavy (non-hydrogen) atoms. The van der Waals surface area contributed by atoms with Crippen LogP contribution in [0, 0.1) is 0 Å². The molecule has 6 heteroatoms. The lowest BCUT2D eigenvalue weighted by Gasteiger charge is -2.06. The number of hydrogen-bond acceptors (Lipinski definition) is 6. The smallest absolute Gasteiger partial charge is 0.232 e. The summed E-state index contributed by atoms with van der Waals surface area (Å²) in [7, 11) is 0. The number of anilines is 1. The SMILES string of the molecule is CSc1ccc(Oc2nc(N)nc3sccc23)cc1. The van der Waals surface area contributed by atoms with Crippen molar-refractivity contribution in [3.63, 3.8) is 0 Å². The van der Waals surface area contributed by atoms with Crippen molar-refractivity contribution in [3.8, 4) is 11.6 Å². The van der Waals surface area contributed by atoms with Crippen LogP contribution in [-0.2, 0) is 0 Å². The summed E-state index contributed by atoms with van der Waals surface area (Å²) in [5, 5.41) is 2.83. The minimum absolute atomic E-state index is 0.227. The summed E-state index contributed by atoms with van der Waals surface area (Å²) >= 11 is 3.21. The first kappa shape index (κ1) is 12.3. The fourth-order valence-corrected chi connectivity index (χ4v) is 2.85. The zero-order valence-electron chi connectivity index (χ0n) is 10.2. The molecule has 0 radical (unpaired) electrons. The molecule has 1 aromatic carbocycles. The van der Waals surface area contributed by atoms with Crippen LogP contribution in [0.4, 0.5) is 5.95 Å². The Hall–Kier alpha value is -1.79. The van der Waals surface area contributed by atoms with Gasteiger partial charge in [0.05, 0.1) is 5.39 Å². The molecular weight excluding hydrogens is 278 g/mol. The molecule has 0 aliphatic heterocycles. The quantitative estimate of drug-likeness (QED) is 0.743. The molecule has 0 atom stereocenters. The van der Waals surface area contributed by atoms with Crippen LogP contribution in [0.5, 0.6) is 11.6 Å². The minimum Gasteiger partial charge on any atom is -0.438 e. The maximum Gasteiger partial charge on any atom is 0.232 e. The maximum atomic E-state index is 5.80. The van der Waals surface area contributed by atoms with Gasteiger partial charge in [-0.05, 0) is 42.0 Å². The Morgan fingerprint density at radius 1 is 1.16 bits per heavy atom. The van der Waals surface area contributed by atoms with Gasteiger partial charge in [-0.25, -0.2) is 4.98 Å². The van der Waals surface area contributed by atoms with Gasteiger partial charge in [-0.2, -0.15) is 4.98 Å². The summed E-state index contributed by atoms with van der Waals surface area (Å²) in [5.74, 6) is 1.47. The molecule has 0 unspecified atom stereocenters. The molecule has 0 bridgehead atoms. The summed E-state index contributed by atoms with van der Waals surface area (Å²) in [6.45, 7) is 0. The van der Waals surface area contributed by atoms with E-state index in [0.29, 0.717) is 5.88 Å². The number of thiophene rings is 1. The van der Waals surface area contributed by atoms with Gasteiger partial charge in [-0.1, -0.05) is 0 Å². The maximum absolute atomic E-state index is 5.80. The Labute approximate surface area is 118 Å². The Kier molecular flexibility index (Phi) is 3.27. The summed E-state index contributed by atoms with van der Waals surface area (Å²) in [4.78, 5) is 10.4. The number of thioether (sulfide) groups is 1. The second-order valence-corrected chi connectivity index (χ2v) is 5.58. The number of nitrogens with two attached hydrogens (primary N) is 1. The normalized spacial score (nSPS) is 10.8. The molecule has 3 rings (SSSR count). The van der Waals surface area contributed by atoms with E-state index >= 15 is 0 Å². The molecule has 2 N–H and O–H groups in total. The average Bonchev–Trinajstić information content (AvgIpc) is 2.88. The van der Waals surface area contributed by atoms with E-state index in [1.807, 2.05) is 42.0 Å². The van der Waals surface area contributed by atoms with Crippen molar-refractivity contribution in [1.29, 1.82) is 0 Å². The fraction of sp³-hybridized carbons (Fsp3) is 0.0769. The largest absolute Gasteiger partial charge is 0.438 e. The number of aromatic nitrogens is 2. The fourth-order valence-electron chi connectivity index (χ4n) is 1.68. The zero-order valence-corrected chi connectivity index (χ0v) is 11.8. The van der Waals surface area contributed by atoms with Gasteiger partial charge in [0.1, 0.15) is 10.6 Å². The highest BCUT2D eigenvalue weighted by atomic mass is 32.2. The summed E-state index contributed by atoms with van der Waals surface area (Å²) in [6, 6.07) is 9.79. The van der Waals surface area contributed by atoms with Crippen molar-refractivity contribution in [2.24, 2.45) is 0 Å². The van der Waals surface area contributed by atoms with Crippen LogP contribution in [0.3, 0.4) is 0 Å². The van der Waals surface area contributed by atoms with E-state index in [0.717, 1.165) is 16.0 Å². The summed E-state index contributed by atoms with van der Waals surface area (Å²) < 4.78 is 5.80. The van der Waals surface area contributed by atoms with Crippen molar-refractivity contribution >= 4 is 39.3 Å². The molecular formula is C13H11N3OS2. The summed E-state index contributed by atoms with van der Waals surface area (Å²) in [5.41, 5.74) is 5.68. The van der Waals surface area contributed by atoms with Crippen LogP contribution in [0.15, 0.2) is 40.6 Å².